The average molecular weight is 618 g/mol. The average Bonchev–Trinajstić information content (AvgIpc) is 2.89. The molecule has 0 saturated heterocycles. The summed E-state index contributed by atoms with van der Waals surface area (Å²) in [7, 11) is -4.61. The predicted molar refractivity (Wildman–Crippen MR) is 148 cm³/mol. The Hall–Kier alpha value is -3.13. The summed E-state index contributed by atoms with van der Waals surface area (Å²) in [4.78, 5) is 8.20. The van der Waals surface area contributed by atoms with Crippen molar-refractivity contribution in [2.24, 2.45) is 11.8 Å². The monoisotopic (exact) mass is 617 g/mol. The van der Waals surface area contributed by atoms with Crippen molar-refractivity contribution in [2.45, 2.75) is 69.2 Å². The molecule has 3 N–H and O–H groups in total. The van der Waals surface area contributed by atoms with E-state index in [1.165, 1.54) is 0 Å². The summed E-state index contributed by atoms with van der Waals surface area (Å²) in [5, 5.41) is 7.61. The number of nitrogens with one attached hydrogen (secondary N) is 3. The lowest BCUT2D eigenvalue weighted by atomic mass is 9.82. The third-order valence-corrected chi connectivity index (χ3v) is 8.45. The van der Waals surface area contributed by atoms with Gasteiger partial charge in [-0.3, -0.25) is 0 Å². The maximum Gasteiger partial charge on any atom is 0.416 e. The lowest BCUT2D eigenvalue weighted by Gasteiger charge is -2.29. The molecule has 230 valence electrons. The standard InChI is InChI=1S/C28H33F6N5O2S/c1-26(2,3)39-24-22-6-4-5-7-23(22)37-25(38-24)35-15-17-8-10-18(11-9-17)16-36-42(40,41)21-13-19(27(29,30)31)12-20(14-21)28(32,33)34/h4-7,12-14,17-18,36H,8-11,15-16H2,1-3H3,(H2,35,37,38,39). The van der Waals surface area contributed by atoms with E-state index in [1.54, 1.807) is 0 Å². The highest BCUT2D eigenvalue weighted by molar-refractivity contribution is 7.89. The largest absolute Gasteiger partial charge is 0.416 e. The van der Waals surface area contributed by atoms with Crippen LogP contribution in [0.15, 0.2) is 47.4 Å². The van der Waals surface area contributed by atoms with Gasteiger partial charge in [0.05, 0.1) is 21.5 Å². The molecule has 3 aromatic rings. The normalized spacial score (nSPS) is 18.7. The number of nitrogens with zero attached hydrogens (tertiary/aromatic N) is 2. The summed E-state index contributed by atoms with van der Waals surface area (Å²) in [6, 6.07) is 8.02. The second-order valence-electron chi connectivity index (χ2n) is 11.6. The van der Waals surface area contributed by atoms with Crippen molar-refractivity contribution < 1.29 is 34.8 Å². The third kappa shape index (κ3) is 8.24. The van der Waals surface area contributed by atoms with E-state index in [2.05, 4.69) is 25.3 Å². The Morgan fingerprint density at radius 2 is 1.36 bits per heavy atom. The van der Waals surface area contributed by atoms with Gasteiger partial charge in [-0.15, -0.1) is 0 Å². The Balaban J connectivity index is 1.35. The fourth-order valence-electron chi connectivity index (χ4n) is 4.87. The highest BCUT2D eigenvalue weighted by Gasteiger charge is 2.38. The van der Waals surface area contributed by atoms with E-state index < -0.39 is 38.4 Å². The molecule has 0 radical (unpaired) electrons. The van der Waals surface area contributed by atoms with Gasteiger partial charge in [0.25, 0.3) is 0 Å². The van der Waals surface area contributed by atoms with Crippen LogP contribution in [0.3, 0.4) is 0 Å². The summed E-state index contributed by atoms with van der Waals surface area (Å²) >= 11 is 0. The topological polar surface area (TPSA) is 96.0 Å². The minimum Gasteiger partial charge on any atom is -0.365 e. The van der Waals surface area contributed by atoms with Crippen LogP contribution in [0, 0.1) is 11.8 Å². The number of benzene rings is 2. The van der Waals surface area contributed by atoms with Crippen LogP contribution in [-0.2, 0) is 22.4 Å². The van der Waals surface area contributed by atoms with Gasteiger partial charge >= 0.3 is 12.4 Å². The molecule has 0 amide bonds. The zero-order chi connectivity index (χ0) is 30.9. The van der Waals surface area contributed by atoms with Crippen LogP contribution in [-0.4, -0.2) is 37.0 Å². The van der Waals surface area contributed by atoms with Crippen molar-refractivity contribution in [1.29, 1.82) is 0 Å². The van der Waals surface area contributed by atoms with Crippen molar-refractivity contribution in [2.75, 3.05) is 23.7 Å². The number of hydrogen-bond donors (Lipinski definition) is 3. The van der Waals surface area contributed by atoms with Gasteiger partial charge in [-0.2, -0.15) is 31.3 Å². The Kier molecular flexibility index (Phi) is 8.98. The Morgan fingerprint density at radius 1 is 0.810 bits per heavy atom. The Labute approximate surface area is 240 Å². The summed E-state index contributed by atoms with van der Waals surface area (Å²) in [6.45, 7) is 6.62. The van der Waals surface area contributed by atoms with Crippen LogP contribution < -0.4 is 15.4 Å². The molecule has 0 atom stereocenters. The van der Waals surface area contributed by atoms with Crippen LogP contribution in [0.25, 0.3) is 10.9 Å². The highest BCUT2D eigenvalue weighted by atomic mass is 32.2. The predicted octanol–water partition coefficient (Wildman–Crippen LogP) is 7.07. The number of rotatable bonds is 8. The molecule has 1 heterocycles. The molecule has 4 rings (SSSR count). The molecule has 1 aliphatic carbocycles. The molecule has 1 aliphatic rings. The van der Waals surface area contributed by atoms with Crippen LogP contribution in [0.4, 0.5) is 38.1 Å². The molecule has 42 heavy (non-hydrogen) atoms. The summed E-state index contributed by atoms with van der Waals surface area (Å²) in [5.41, 5.74) is -2.78. The smallest absolute Gasteiger partial charge is 0.365 e. The number of alkyl halides is 6. The molecule has 0 bridgehead atoms. The van der Waals surface area contributed by atoms with Gasteiger partial charge in [-0.1, -0.05) is 12.1 Å². The molecule has 2 aromatic carbocycles. The van der Waals surface area contributed by atoms with E-state index >= 15 is 0 Å². The van der Waals surface area contributed by atoms with Crippen LogP contribution in [0.5, 0.6) is 0 Å². The summed E-state index contributed by atoms with van der Waals surface area (Å²) in [6.07, 6.45) is -7.49. The Morgan fingerprint density at radius 3 is 1.90 bits per heavy atom. The first-order valence-corrected chi connectivity index (χ1v) is 15.0. The third-order valence-electron chi connectivity index (χ3n) is 7.05. The molecule has 1 saturated carbocycles. The lowest BCUT2D eigenvalue weighted by Crippen LogP contribution is -2.32. The number of aromatic nitrogens is 2. The molecule has 0 aliphatic heterocycles. The molecular weight excluding hydrogens is 584 g/mol. The maximum absolute atomic E-state index is 13.2. The first kappa shape index (κ1) is 31.8. The highest BCUT2D eigenvalue weighted by Crippen LogP contribution is 2.37. The SMILES string of the molecule is CC(C)(C)Nc1nc(NCC2CCC(CNS(=O)(=O)c3cc(C(F)(F)F)cc(C(F)(F)F)c3)CC2)nc2ccccc12. The lowest BCUT2D eigenvalue weighted by molar-refractivity contribution is -0.143. The van der Waals surface area contributed by atoms with Crippen molar-refractivity contribution >= 4 is 32.7 Å². The zero-order valence-electron chi connectivity index (χ0n) is 23.3. The molecule has 1 aromatic heterocycles. The van der Waals surface area contributed by atoms with Gasteiger partial charge in [0.15, 0.2) is 0 Å². The van der Waals surface area contributed by atoms with E-state index in [9.17, 15) is 34.8 Å². The quantitative estimate of drug-likeness (QED) is 0.234. The minimum atomic E-state index is -5.14. The number of halogens is 6. The maximum atomic E-state index is 13.2. The van der Waals surface area contributed by atoms with Crippen molar-refractivity contribution in [3.8, 4) is 0 Å². The fraction of sp³-hybridized carbons (Fsp3) is 0.500. The van der Waals surface area contributed by atoms with E-state index in [1.807, 2.05) is 45.0 Å². The number of anilines is 2. The summed E-state index contributed by atoms with van der Waals surface area (Å²) < 4.78 is 107. The number of sulfonamides is 1. The second kappa shape index (κ2) is 11.9. The fourth-order valence-corrected chi connectivity index (χ4v) is 6.06. The van der Waals surface area contributed by atoms with Gasteiger partial charge in [0.2, 0.25) is 16.0 Å². The van der Waals surface area contributed by atoms with E-state index in [-0.39, 0.29) is 42.1 Å². The second-order valence-corrected chi connectivity index (χ2v) is 13.4. The van der Waals surface area contributed by atoms with Crippen LogP contribution >= 0.6 is 0 Å². The minimum absolute atomic E-state index is 0.0876. The number of hydrogen-bond acceptors (Lipinski definition) is 6. The van der Waals surface area contributed by atoms with Crippen molar-refractivity contribution in [3.05, 3.63) is 53.6 Å². The summed E-state index contributed by atoms with van der Waals surface area (Å²) in [5.74, 6) is 1.34. The molecule has 14 heteroatoms. The molecule has 7 nitrogen and oxygen atoms in total. The number of para-hydroxylation sites is 1. The van der Waals surface area contributed by atoms with Gasteiger partial charge < -0.3 is 10.6 Å². The van der Waals surface area contributed by atoms with Gasteiger partial charge in [0.1, 0.15) is 5.82 Å². The first-order chi connectivity index (χ1) is 19.4. The molecule has 1 fully saturated rings. The van der Waals surface area contributed by atoms with Gasteiger partial charge in [0, 0.05) is 24.0 Å². The van der Waals surface area contributed by atoms with E-state index in [4.69, 9.17) is 0 Å². The van der Waals surface area contributed by atoms with Crippen LogP contribution in [0.1, 0.15) is 57.6 Å². The molecule has 0 unspecified atom stereocenters. The zero-order valence-corrected chi connectivity index (χ0v) is 24.1. The Bertz CT molecular complexity index is 1480. The first-order valence-electron chi connectivity index (χ1n) is 13.5. The van der Waals surface area contributed by atoms with E-state index in [0.717, 1.165) is 29.6 Å². The van der Waals surface area contributed by atoms with Gasteiger partial charge in [-0.25, -0.2) is 18.1 Å². The van der Waals surface area contributed by atoms with E-state index in [0.29, 0.717) is 25.3 Å². The van der Waals surface area contributed by atoms with Gasteiger partial charge in [-0.05, 0) is 88.6 Å². The molecular formula is C28H33F6N5O2S. The van der Waals surface area contributed by atoms with Crippen LogP contribution in [0.2, 0.25) is 0 Å². The molecule has 0 spiro atoms. The van der Waals surface area contributed by atoms with Crippen molar-refractivity contribution in [1.82, 2.24) is 14.7 Å². The number of fused-ring (bicyclic) bond motifs is 1. The van der Waals surface area contributed by atoms with Crippen molar-refractivity contribution in [3.63, 3.8) is 0 Å².